The number of rotatable bonds is 6. The lowest BCUT2D eigenvalue weighted by Crippen LogP contribution is -2.38. The van der Waals surface area contributed by atoms with Crippen molar-refractivity contribution in [2.75, 3.05) is 0 Å². The third-order valence-corrected chi connectivity index (χ3v) is 8.29. The molecule has 0 saturated heterocycles. The lowest BCUT2D eigenvalue weighted by Gasteiger charge is -2.10. The zero-order chi connectivity index (χ0) is 28.8. The second-order valence-corrected chi connectivity index (χ2v) is 10.8. The number of thiophene rings is 1. The Morgan fingerprint density at radius 1 is 0.857 bits per heavy atom. The van der Waals surface area contributed by atoms with Crippen LogP contribution in [0.4, 0.5) is 0 Å². The third-order valence-electron chi connectivity index (χ3n) is 6.73. The molecule has 0 N–H and O–H groups in total. The van der Waals surface area contributed by atoms with E-state index in [-0.39, 0.29) is 18.3 Å². The van der Waals surface area contributed by atoms with Crippen LogP contribution >= 0.6 is 22.9 Å². The van der Waals surface area contributed by atoms with Crippen molar-refractivity contribution in [3.05, 3.63) is 122 Å². The van der Waals surface area contributed by atoms with Crippen LogP contribution in [-0.2, 0) is 6.54 Å². The Morgan fingerprint density at radius 2 is 1.55 bits per heavy atom. The third kappa shape index (κ3) is 4.44. The molecule has 0 aliphatic carbocycles. The molecular formula is C30H19ClN6O4S. The van der Waals surface area contributed by atoms with Crippen molar-refractivity contribution in [1.29, 1.82) is 0 Å². The smallest absolute Gasteiger partial charge is 0.337 e. The molecule has 0 bridgehead atoms. The number of hydrogen-bond acceptors (Lipinski definition) is 9. The first kappa shape index (κ1) is 25.8. The fraction of sp³-hybridized carbons (Fsp3) is 0.0667. The van der Waals surface area contributed by atoms with Crippen molar-refractivity contribution >= 4 is 33.2 Å². The van der Waals surface area contributed by atoms with E-state index in [0.29, 0.717) is 48.6 Å². The van der Waals surface area contributed by atoms with Gasteiger partial charge in [0.2, 0.25) is 17.6 Å². The normalized spacial score (nSPS) is 11.4. The minimum absolute atomic E-state index is 0.0679. The summed E-state index contributed by atoms with van der Waals surface area (Å²) in [6, 6.07) is 25.2. The number of benzene rings is 3. The maximum atomic E-state index is 13.9. The topological polar surface area (TPSA) is 122 Å². The maximum Gasteiger partial charge on any atom is 0.337 e. The van der Waals surface area contributed by atoms with Crippen LogP contribution in [0.5, 0.6) is 0 Å². The van der Waals surface area contributed by atoms with E-state index in [9.17, 15) is 9.59 Å². The largest absolute Gasteiger partial charge is 0.415 e. The lowest BCUT2D eigenvalue weighted by molar-refractivity contribution is 0.370. The van der Waals surface area contributed by atoms with Gasteiger partial charge in [-0.2, -0.15) is 4.98 Å². The zero-order valence-corrected chi connectivity index (χ0v) is 23.5. The van der Waals surface area contributed by atoms with Crippen molar-refractivity contribution in [1.82, 2.24) is 29.5 Å². The van der Waals surface area contributed by atoms with E-state index >= 15 is 0 Å². The van der Waals surface area contributed by atoms with Gasteiger partial charge in [0.05, 0.1) is 16.0 Å². The molecule has 0 atom stereocenters. The number of hydrogen-bond donors (Lipinski definition) is 0. The highest BCUT2D eigenvalue weighted by Crippen LogP contribution is 2.37. The molecule has 0 unspecified atom stereocenters. The first-order chi connectivity index (χ1) is 20.5. The summed E-state index contributed by atoms with van der Waals surface area (Å²) in [7, 11) is 0. The van der Waals surface area contributed by atoms with E-state index in [4.69, 9.17) is 20.5 Å². The molecule has 0 aliphatic heterocycles. The van der Waals surface area contributed by atoms with E-state index in [1.54, 1.807) is 55.5 Å². The Labute approximate surface area is 246 Å². The van der Waals surface area contributed by atoms with Crippen molar-refractivity contribution in [3.63, 3.8) is 0 Å². The number of aromatic nitrogens is 6. The number of fused-ring (bicyclic) bond motifs is 1. The summed E-state index contributed by atoms with van der Waals surface area (Å²) in [5, 5.41) is 13.5. The Bertz CT molecular complexity index is 2180. The summed E-state index contributed by atoms with van der Waals surface area (Å²) in [5.41, 5.74) is 1.54. The number of aryl methyl sites for hydroxylation is 1. The van der Waals surface area contributed by atoms with Crippen LogP contribution in [0.15, 0.2) is 103 Å². The summed E-state index contributed by atoms with van der Waals surface area (Å²) in [6.07, 6.45) is 0. The van der Waals surface area contributed by atoms with E-state index in [0.717, 1.165) is 10.1 Å². The molecule has 42 heavy (non-hydrogen) atoms. The Hall–Kier alpha value is -5.13. The molecule has 4 heterocycles. The van der Waals surface area contributed by atoms with E-state index < -0.39 is 11.2 Å². The van der Waals surface area contributed by atoms with Crippen molar-refractivity contribution in [3.8, 4) is 39.3 Å². The van der Waals surface area contributed by atoms with Gasteiger partial charge < -0.3 is 8.94 Å². The monoisotopic (exact) mass is 594 g/mol. The lowest BCUT2D eigenvalue weighted by atomic mass is 10.2. The van der Waals surface area contributed by atoms with E-state index in [1.807, 2.05) is 36.4 Å². The maximum absolute atomic E-state index is 13.9. The van der Waals surface area contributed by atoms with Gasteiger partial charge in [0.1, 0.15) is 11.4 Å². The summed E-state index contributed by atoms with van der Waals surface area (Å²) in [6.45, 7) is 1.74. The molecule has 7 aromatic rings. The van der Waals surface area contributed by atoms with Gasteiger partial charge in [-0.1, -0.05) is 53.2 Å². The molecule has 0 fully saturated rings. The van der Waals surface area contributed by atoms with Crippen LogP contribution in [0.25, 0.3) is 49.5 Å². The Balaban J connectivity index is 1.40. The Morgan fingerprint density at radius 3 is 2.29 bits per heavy atom. The van der Waals surface area contributed by atoms with Gasteiger partial charge in [-0.05, 0) is 61.0 Å². The minimum Gasteiger partial charge on any atom is -0.415 e. The highest BCUT2D eigenvalue weighted by molar-refractivity contribution is 7.22. The molecule has 0 spiro atoms. The predicted octanol–water partition coefficient (Wildman–Crippen LogP) is 5.99. The summed E-state index contributed by atoms with van der Waals surface area (Å²) in [5.74, 6) is 1.14. The zero-order valence-electron chi connectivity index (χ0n) is 21.9. The van der Waals surface area contributed by atoms with Gasteiger partial charge in [-0.25, -0.2) is 9.36 Å². The van der Waals surface area contributed by atoms with Gasteiger partial charge >= 0.3 is 5.69 Å². The standard InChI is InChI=1S/C30H19ClN6O4S/c1-17-23-28(38)37(21-10-6-3-7-11-21)30(39)36(16-22-32-25(35-41-22)18-12-14-20(31)15-13-18)29(23)42-24(17)27-34-33-26(40-27)19-8-4-2-5-9-19/h2-15H,16H2,1H3. The average Bonchev–Trinajstić information content (AvgIpc) is 3.76. The van der Waals surface area contributed by atoms with Crippen molar-refractivity contribution in [2.45, 2.75) is 13.5 Å². The summed E-state index contributed by atoms with van der Waals surface area (Å²) >= 11 is 7.23. The van der Waals surface area contributed by atoms with Crippen molar-refractivity contribution < 1.29 is 8.94 Å². The average molecular weight is 595 g/mol. The molecule has 7 rings (SSSR count). The second kappa shape index (κ2) is 10.4. The van der Waals surface area contributed by atoms with Crippen LogP contribution < -0.4 is 11.2 Å². The second-order valence-electron chi connectivity index (χ2n) is 9.38. The molecule has 206 valence electrons. The molecular weight excluding hydrogens is 576 g/mol. The van der Waals surface area contributed by atoms with Gasteiger partial charge in [-0.3, -0.25) is 9.36 Å². The summed E-state index contributed by atoms with van der Waals surface area (Å²) < 4.78 is 14.1. The van der Waals surface area contributed by atoms with Crippen LogP contribution in [0.1, 0.15) is 11.5 Å². The van der Waals surface area contributed by atoms with E-state index in [2.05, 4.69) is 20.3 Å². The predicted molar refractivity (Wildman–Crippen MR) is 159 cm³/mol. The van der Waals surface area contributed by atoms with Gasteiger partial charge in [0, 0.05) is 16.1 Å². The molecule has 12 heteroatoms. The number of para-hydroxylation sites is 1. The molecule has 0 aliphatic rings. The van der Waals surface area contributed by atoms with E-state index in [1.165, 1.54) is 15.9 Å². The highest BCUT2D eigenvalue weighted by atomic mass is 35.5. The Kier molecular flexibility index (Phi) is 6.37. The SMILES string of the molecule is Cc1c(-c2nnc(-c3ccccc3)o2)sc2c1c(=O)n(-c1ccccc1)c(=O)n2Cc1nc(-c2ccc(Cl)cc2)no1. The highest BCUT2D eigenvalue weighted by Gasteiger charge is 2.25. The minimum atomic E-state index is -0.548. The molecule has 0 radical (unpaired) electrons. The molecule has 10 nitrogen and oxygen atoms in total. The van der Waals surface area contributed by atoms with Crippen molar-refractivity contribution in [2.24, 2.45) is 0 Å². The fourth-order valence-electron chi connectivity index (χ4n) is 4.68. The molecule has 0 amide bonds. The van der Waals surface area contributed by atoms with Crippen LogP contribution in [0, 0.1) is 6.92 Å². The fourth-order valence-corrected chi connectivity index (χ4v) is 6.02. The first-order valence-electron chi connectivity index (χ1n) is 12.8. The van der Waals surface area contributed by atoms with Crippen LogP contribution in [0.3, 0.4) is 0 Å². The van der Waals surface area contributed by atoms with Gasteiger partial charge in [0.25, 0.3) is 11.4 Å². The van der Waals surface area contributed by atoms with Crippen LogP contribution in [-0.4, -0.2) is 29.5 Å². The number of nitrogens with zero attached hydrogens (tertiary/aromatic N) is 6. The molecule has 0 saturated carbocycles. The first-order valence-corrected chi connectivity index (χ1v) is 14.0. The molecule has 4 aromatic heterocycles. The molecule has 3 aromatic carbocycles. The summed E-state index contributed by atoms with van der Waals surface area (Å²) in [4.78, 5) is 33.3. The quantitative estimate of drug-likeness (QED) is 0.230. The van der Waals surface area contributed by atoms with Gasteiger partial charge in [-0.15, -0.1) is 21.5 Å². The van der Waals surface area contributed by atoms with Gasteiger partial charge in [0.15, 0.2) is 0 Å². The van der Waals surface area contributed by atoms with Crippen LogP contribution in [0.2, 0.25) is 5.02 Å². The number of halogens is 1.